The zero-order chi connectivity index (χ0) is 15.7. The molecule has 1 aliphatic carbocycles. The van der Waals surface area contributed by atoms with Crippen LogP contribution in [-0.2, 0) is 4.74 Å². The summed E-state index contributed by atoms with van der Waals surface area (Å²) in [6.07, 6.45) is -5.22. The Morgan fingerprint density at radius 2 is 1.81 bits per heavy atom. The van der Waals surface area contributed by atoms with Gasteiger partial charge in [0.1, 0.15) is 24.4 Å². The first-order valence-corrected chi connectivity index (χ1v) is 6.96. The van der Waals surface area contributed by atoms with E-state index in [1.807, 2.05) is 0 Å². The molecule has 0 amide bonds. The molecule has 0 saturated carbocycles. The quantitative estimate of drug-likeness (QED) is 0.266. The van der Waals surface area contributed by atoms with Crippen LogP contribution in [0.25, 0.3) is 0 Å². The lowest BCUT2D eigenvalue weighted by atomic mass is 9.86. The van der Waals surface area contributed by atoms with Crippen molar-refractivity contribution in [2.24, 2.45) is 0 Å². The topological polar surface area (TPSA) is 143 Å². The number of aliphatic hydroxyl groups is 6. The molecule has 0 aromatic heterocycles. The Kier molecular flexibility index (Phi) is 5.33. The second-order valence-electron chi connectivity index (χ2n) is 5.64. The third kappa shape index (κ3) is 3.27. The standard InChI is InChI=1S/C13H23NO7/c1-5-9(12(19)8(16)4-21-5)14-7-2-6(3-15)10(17)13(20)11(7)18/h2,5,7-20H,3-4H2,1H3/t5-,7-,8?,9-,10?,11?,12-,13+/m1/s1. The van der Waals surface area contributed by atoms with Crippen LogP contribution in [0, 0.1) is 0 Å². The van der Waals surface area contributed by atoms with E-state index >= 15 is 0 Å². The van der Waals surface area contributed by atoms with E-state index in [1.54, 1.807) is 6.92 Å². The third-order valence-electron chi connectivity index (χ3n) is 4.18. The predicted octanol–water partition coefficient (Wildman–Crippen LogP) is -3.53. The van der Waals surface area contributed by atoms with E-state index in [-0.39, 0.29) is 12.2 Å². The van der Waals surface area contributed by atoms with Crippen molar-refractivity contribution in [2.45, 2.75) is 55.6 Å². The van der Waals surface area contributed by atoms with Crippen molar-refractivity contribution in [1.29, 1.82) is 0 Å². The minimum absolute atomic E-state index is 0.0206. The molecule has 1 fully saturated rings. The van der Waals surface area contributed by atoms with Crippen molar-refractivity contribution in [3.05, 3.63) is 11.6 Å². The average Bonchev–Trinajstić information content (AvgIpc) is 2.47. The molecule has 2 rings (SSSR count). The van der Waals surface area contributed by atoms with E-state index in [9.17, 15) is 30.6 Å². The molecule has 122 valence electrons. The van der Waals surface area contributed by atoms with Crippen molar-refractivity contribution >= 4 is 0 Å². The minimum atomic E-state index is -1.45. The highest BCUT2D eigenvalue weighted by Crippen LogP contribution is 2.23. The van der Waals surface area contributed by atoms with Crippen molar-refractivity contribution < 1.29 is 35.4 Å². The van der Waals surface area contributed by atoms with Crippen LogP contribution in [0.1, 0.15) is 6.92 Å². The first-order chi connectivity index (χ1) is 9.86. The van der Waals surface area contributed by atoms with Crippen molar-refractivity contribution in [3.8, 4) is 0 Å². The van der Waals surface area contributed by atoms with Gasteiger partial charge in [-0.15, -0.1) is 0 Å². The Labute approximate surface area is 122 Å². The van der Waals surface area contributed by atoms with Gasteiger partial charge in [-0.05, 0) is 12.5 Å². The molecule has 1 heterocycles. The van der Waals surface area contributed by atoms with Crippen LogP contribution in [0.5, 0.6) is 0 Å². The van der Waals surface area contributed by atoms with E-state index in [2.05, 4.69) is 5.32 Å². The number of rotatable bonds is 3. The molecule has 8 heteroatoms. The summed E-state index contributed by atoms with van der Waals surface area (Å²) in [6.45, 7) is 1.28. The van der Waals surface area contributed by atoms with Crippen LogP contribution < -0.4 is 5.32 Å². The van der Waals surface area contributed by atoms with Crippen molar-refractivity contribution in [1.82, 2.24) is 5.32 Å². The van der Waals surface area contributed by atoms with Crippen LogP contribution in [0.15, 0.2) is 11.6 Å². The molecule has 1 aliphatic heterocycles. The lowest BCUT2D eigenvalue weighted by Crippen LogP contribution is -2.64. The lowest BCUT2D eigenvalue weighted by Gasteiger charge is -2.42. The highest BCUT2D eigenvalue weighted by molar-refractivity contribution is 5.22. The number of hydrogen-bond donors (Lipinski definition) is 7. The van der Waals surface area contributed by atoms with E-state index in [1.165, 1.54) is 6.08 Å². The van der Waals surface area contributed by atoms with E-state index in [0.717, 1.165) is 0 Å². The summed E-state index contributed by atoms with van der Waals surface area (Å²) < 4.78 is 5.31. The van der Waals surface area contributed by atoms with Gasteiger partial charge in [-0.1, -0.05) is 6.08 Å². The van der Waals surface area contributed by atoms with Gasteiger partial charge in [-0.3, -0.25) is 0 Å². The first kappa shape index (κ1) is 16.8. The van der Waals surface area contributed by atoms with Crippen LogP contribution >= 0.6 is 0 Å². The fraction of sp³-hybridized carbons (Fsp3) is 0.846. The van der Waals surface area contributed by atoms with E-state index in [4.69, 9.17) is 4.74 Å². The monoisotopic (exact) mass is 305 g/mol. The molecular weight excluding hydrogens is 282 g/mol. The molecule has 0 radical (unpaired) electrons. The zero-order valence-corrected chi connectivity index (χ0v) is 11.7. The SMILES string of the molecule is C[C@H]1OCC(O)[C@@H](O)[C@@H]1N[C@@H]1C=C(CO)C(O)[C@H](O)C1O. The predicted molar refractivity (Wildman–Crippen MR) is 71.3 cm³/mol. The molecule has 0 aromatic carbocycles. The largest absolute Gasteiger partial charge is 0.392 e. The summed E-state index contributed by atoms with van der Waals surface area (Å²) in [4.78, 5) is 0. The number of nitrogens with one attached hydrogen (secondary N) is 1. The van der Waals surface area contributed by atoms with Crippen molar-refractivity contribution in [2.75, 3.05) is 13.2 Å². The molecule has 2 aliphatic rings. The highest BCUT2D eigenvalue weighted by Gasteiger charge is 2.42. The molecule has 8 atom stereocenters. The Morgan fingerprint density at radius 3 is 2.43 bits per heavy atom. The summed E-state index contributed by atoms with van der Waals surface area (Å²) in [6, 6.07) is -1.45. The molecule has 8 nitrogen and oxygen atoms in total. The van der Waals surface area contributed by atoms with Gasteiger partial charge in [0, 0.05) is 0 Å². The van der Waals surface area contributed by atoms with Gasteiger partial charge in [-0.25, -0.2) is 0 Å². The van der Waals surface area contributed by atoms with Crippen molar-refractivity contribution in [3.63, 3.8) is 0 Å². The summed E-state index contributed by atoms with van der Waals surface area (Å²) in [5.41, 5.74) is 0.185. The van der Waals surface area contributed by atoms with E-state index < -0.39 is 55.3 Å². The molecule has 1 saturated heterocycles. The maximum atomic E-state index is 10.0. The van der Waals surface area contributed by atoms with Gasteiger partial charge in [0.15, 0.2) is 0 Å². The number of aliphatic hydroxyl groups excluding tert-OH is 6. The zero-order valence-electron chi connectivity index (χ0n) is 11.7. The van der Waals surface area contributed by atoms with Gasteiger partial charge in [0.2, 0.25) is 0 Å². The Morgan fingerprint density at radius 1 is 1.14 bits per heavy atom. The maximum absolute atomic E-state index is 10.0. The third-order valence-corrected chi connectivity index (χ3v) is 4.18. The Hall–Kier alpha value is -0.580. The average molecular weight is 305 g/mol. The van der Waals surface area contributed by atoms with Gasteiger partial charge in [0.25, 0.3) is 0 Å². The normalized spacial score (nSPS) is 48.0. The molecule has 0 spiro atoms. The van der Waals surface area contributed by atoms with Gasteiger partial charge in [0.05, 0.1) is 37.5 Å². The molecule has 3 unspecified atom stereocenters. The molecule has 0 aromatic rings. The van der Waals surface area contributed by atoms with Gasteiger partial charge in [-0.2, -0.15) is 0 Å². The molecule has 0 bridgehead atoms. The first-order valence-electron chi connectivity index (χ1n) is 6.96. The fourth-order valence-electron chi connectivity index (χ4n) is 2.77. The summed E-state index contributed by atoms with van der Waals surface area (Å²) in [5.74, 6) is 0. The van der Waals surface area contributed by atoms with Crippen LogP contribution in [-0.4, -0.2) is 92.6 Å². The molecule has 7 N–H and O–H groups in total. The molecular formula is C13H23NO7. The van der Waals surface area contributed by atoms with Crippen LogP contribution in [0.3, 0.4) is 0 Å². The summed E-state index contributed by atoms with van der Waals surface area (Å²) >= 11 is 0. The summed E-state index contributed by atoms with van der Waals surface area (Å²) in [7, 11) is 0. The highest BCUT2D eigenvalue weighted by atomic mass is 16.5. The van der Waals surface area contributed by atoms with Crippen LogP contribution in [0.4, 0.5) is 0 Å². The fourth-order valence-corrected chi connectivity index (χ4v) is 2.77. The second-order valence-corrected chi connectivity index (χ2v) is 5.64. The lowest BCUT2D eigenvalue weighted by molar-refractivity contribution is -0.141. The Balaban J connectivity index is 2.15. The second kappa shape index (κ2) is 6.67. The number of hydrogen-bond acceptors (Lipinski definition) is 8. The minimum Gasteiger partial charge on any atom is -0.392 e. The maximum Gasteiger partial charge on any atom is 0.111 e. The van der Waals surface area contributed by atoms with Gasteiger partial charge < -0.3 is 40.7 Å². The van der Waals surface area contributed by atoms with Crippen LogP contribution in [0.2, 0.25) is 0 Å². The summed E-state index contributed by atoms with van der Waals surface area (Å²) in [5, 5.41) is 61.2. The number of ether oxygens (including phenoxy) is 1. The smallest absolute Gasteiger partial charge is 0.111 e. The van der Waals surface area contributed by atoms with Gasteiger partial charge >= 0.3 is 0 Å². The molecule has 21 heavy (non-hydrogen) atoms. The van der Waals surface area contributed by atoms with E-state index in [0.29, 0.717) is 0 Å². The Bertz CT molecular complexity index is 391.